The van der Waals surface area contributed by atoms with Gasteiger partial charge in [0.05, 0.1) is 35.0 Å². The van der Waals surface area contributed by atoms with Crippen molar-refractivity contribution in [3.05, 3.63) is 92.9 Å². The van der Waals surface area contributed by atoms with Gasteiger partial charge in [-0.15, -0.1) is 0 Å². The zero-order valence-electron chi connectivity index (χ0n) is 20.0. The predicted molar refractivity (Wildman–Crippen MR) is 135 cm³/mol. The van der Waals surface area contributed by atoms with Gasteiger partial charge in [0.1, 0.15) is 5.82 Å². The zero-order valence-corrected chi connectivity index (χ0v) is 20.0. The molecular formula is C27H25FN6O3. The van der Waals surface area contributed by atoms with Gasteiger partial charge in [0.2, 0.25) is 5.95 Å². The number of hydrogen-bond donors (Lipinski definition) is 2. The number of anilines is 1. The van der Waals surface area contributed by atoms with Gasteiger partial charge >= 0.3 is 0 Å². The van der Waals surface area contributed by atoms with E-state index in [-0.39, 0.29) is 23.8 Å². The molecule has 2 aromatic carbocycles. The van der Waals surface area contributed by atoms with Crippen molar-refractivity contribution in [3.8, 4) is 0 Å². The third kappa shape index (κ3) is 4.67. The number of fused-ring (bicyclic) bond motifs is 2. The molecule has 0 saturated carbocycles. The fourth-order valence-corrected chi connectivity index (χ4v) is 4.91. The number of nitrogens with zero attached hydrogens (tertiary/aromatic N) is 4. The van der Waals surface area contributed by atoms with Crippen molar-refractivity contribution in [2.24, 2.45) is 0 Å². The summed E-state index contributed by atoms with van der Waals surface area (Å²) < 4.78 is 20.4. The average Bonchev–Trinajstić information content (AvgIpc) is 3.60. The highest BCUT2D eigenvalue weighted by molar-refractivity contribution is 5.95. The van der Waals surface area contributed by atoms with Crippen LogP contribution in [0.4, 0.5) is 10.3 Å². The smallest absolute Gasteiger partial charge is 0.272 e. The molecule has 1 fully saturated rings. The van der Waals surface area contributed by atoms with Crippen LogP contribution >= 0.6 is 0 Å². The minimum atomic E-state index is -0.589. The summed E-state index contributed by atoms with van der Waals surface area (Å²) in [5.74, 6) is -0.503. The standard InChI is InChI=1S/C27H25FN6O3/c28-22-8-7-16(11-23-19-5-1-2-6-20(19)25(35)33-32-23)10-21(22)26(36)34-14-17-12-29-27(31-24(17)15-34)30-13-18-4-3-9-37-18/h1-2,5-8,10,12,18H,3-4,9,11,13-15H2,(H,33,35)(H,29,30,31). The number of carbonyl (C=O) groups is 1. The Hall–Kier alpha value is -4.18. The van der Waals surface area contributed by atoms with Crippen LogP contribution in [-0.4, -0.2) is 50.2 Å². The molecule has 0 spiro atoms. The average molecular weight is 501 g/mol. The lowest BCUT2D eigenvalue weighted by molar-refractivity contribution is 0.0745. The van der Waals surface area contributed by atoms with E-state index in [9.17, 15) is 14.0 Å². The van der Waals surface area contributed by atoms with E-state index in [0.717, 1.165) is 36.1 Å². The Morgan fingerprint density at radius 1 is 1.19 bits per heavy atom. The highest BCUT2D eigenvalue weighted by atomic mass is 19.1. The van der Waals surface area contributed by atoms with Crippen molar-refractivity contribution in [3.63, 3.8) is 0 Å². The van der Waals surface area contributed by atoms with Crippen LogP contribution in [0.2, 0.25) is 0 Å². The molecule has 1 amide bonds. The van der Waals surface area contributed by atoms with Crippen LogP contribution in [0.3, 0.4) is 0 Å². The number of ether oxygens (including phenoxy) is 1. The zero-order chi connectivity index (χ0) is 25.4. The van der Waals surface area contributed by atoms with Crippen LogP contribution in [0.15, 0.2) is 53.5 Å². The highest BCUT2D eigenvalue weighted by Crippen LogP contribution is 2.25. The van der Waals surface area contributed by atoms with Gasteiger partial charge < -0.3 is 15.0 Å². The second kappa shape index (κ2) is 9.70. The van der Waals surface area contributed by atoms with E-state index in [2.05, 4.69) is 25.5 Å². The summed E-state index contributed by atoms with van der Waals surface area (Å²) in [4.78, 5) is 35.9. The lowest BCUT2D eigenvalue weighted by Gasteiger charge is -2.16. The number of nitrogens with one attached hydrogen (secondary N) is 2. The van der Waals surface area contributed by atoms with Gasteiger partial charge in [-0.1, -0.05) is 24.3 Å². The molecule has 1 saturated heterocycles. The van der Waals surface area contributed by atoms with Crippen LogP contribution in [0.1, 0.15) is 45.7 Å². The van der Waals surface area contributed by atoms with E-state index in [1.807, 2.05) is 12.1 Å². The first-order chi connectivity index (χ1) is 18.0. The number of rotatable bonds is 6. The van der Waals surface area contributed by atoms with E-state index in [1.54, 1.807) is 35.4 Å². The van der Waals surface area contributed by atoms with Crippen LogP contribution in [-0.2, 0) is 24.2 Å². The number of aromatic nitrogens is 4. The number of hydrogen-bond acceptors (Lipinski definition) is 7. The molecule has 4 heterocycles. The Balaban J connectivity index is 1.19. The molecule has 2 N–H and O–H groups in total. The molecule has 2 aliphatic rings. The molecule has 6 rings (SSSR count). The molecule has 188 valence electrons. The van der Waals surface area contributed by atoms with E-state index in [0.29, 0.717) is 42.1 Å². The van der Waals surface area contributed by atoms with Crippen LogP contribution in [0, 0.1) is 5.82 Å². The Morgan fingerprint density at radius 2 is 2.05 bits per heavy atom. The van der Waals surface area contributed by atoms with Crippen molar-refractivity contribution < 1.29 is 13.9 Å². The minimum Gasteiger partial charge on any atom is -0.376 e. The predicted octanol–water partition coefficient (Wildman–Crippen LogP) is 3.19. The second-order valence-electron chi connectivity index (χ2n) is 9.38. The summed E-state index contributed by atoms with van der Waals surface area (Å²) in [5, 5.41) is 11.2. The van der Waals surface area contributed by atoms with Crippen molar-refractivity contribution in [1.29, 1.82) is 0 Å². The Kier molecular flexibility index (Phi) is 6.09. The maximum atomic E-state index is 14.8. The third-order valence-electron chi connectivity index (χ3n) is 6.86. The molecule has 1 unspecified atom stereocenters. The summed E-state index contributed by atoms with van der Waals surface area (Å²) in [6.07, 6.45) is 4.29. The van der Waals surface area contributed by atoms with Gasteiger partial charge in [-0.25, -0.2) is 19.5 Å². The summed E-state index contributed by atoms with van der Waals surface area (Å²) in [5.41, 5.74) is 2.67. The summed E-state index contributed by atoms with van der Waals surface area (Å²) in [6, 6.07) is 11.7. The fraction of sp³-hybridized carbons (Fsp3) is 0.296. The first-order valence-electron chi connectivity index (χ1n) is 12.3. The Bertz CT molecular complexity index is 1550. The lowest BCUT2D eigenvalue weighted by atomic mass is 10.0. The number of benzene rings is 2. The van der Waals surface area contributed by atoms with Crippen LogP contribution in [0.5, 0.6) is 0 Å². The minimum absolute atomic E-state index is 0.0104. The van der Waals surface area contributed by atoms with Gasteiger partial charge in [-0.05, 0) is 36.6 Å². The van der Waals surface area contributed by atoms with Gasteiger partial charge in [-0.2, -0.15) is 5.10 Å². The van der Waals surface area contributed by atoms with Gasteiger partial charge in [0.15, 0.2) is 0 Å². The maximum Gasteiger partial charge on any atom is 0.272 e. The maximum absolute atomic E-state index is 14.8. The molecule has 10 heteroatoms. The molecule has 0 bridgehead atoms. The van der Waals surface area contributed by atoms with Gasteiger partial charge in [0, 0.05) is 43.3 Å². The third-order valence-corrected chi connectivity index (χ3v) is 6.86. The largest absolute Gasteiger partial charge is 0.376 e. The lowest BCUT2D eigenvalue weighted by Crippen LogP contribution is -2.26. The molecule has 37 heavy (non-hydrogen) atoms. The second-order valence-corrected chi connectivity index (χ2v) is 9.38. The van der Waals surface area contributed by atoms with Crippen LogP contribution < -0.4 is 10.9 Å². The first-order valence-corrected chi connectivity index (χ1v) is 12.3. The number of halogens is 1. The molecule has 0 aliphatic carbocycles. The number of H-pyrrole nitrogens is 1. The first kappa shape index (κ1) is 23.2. The number of amides is 1. The number of carbonyl (C=O) groups excluding carboxylic acids is 1. The van der Waals surface area contributed by atoms with Crippen LogP contribution in [0.25, 0.3) is 10.8 Å². The van der Waals surface area contributed by atoms with Gasteiger partial charge in [0.25, 0.3) is 11.5 Å². The molecule has 4 aromatic rings. The monoisotopic (exact) mass is 500 g/mol. The molecule has 0 radical (unpaired) electrons. The Morgan fingerprint density at radius 3 is 2.89 bits per heavy atom. The van der Waals surface area contributed by atoms with Crippen molar-refractivity contribution in [2.75, 3.05) is 18.5 Å². The van der Waals surface area contributed by atoms with Crippen molar-refractivity contribution in [2.45, 2.75) is 38.5 Å². The van der Waals surface area contributed by atoms with E-state index >= 15 is 0 Å². The Labute approximate surface area is 211 Å². The highest BCUT2D eigenvalue weighted by Gasteiger charge is 2.28. The van der Waals surface area contributed by atoms with Crippen molar-refractivity contribution in [1.82, 2.24) is 25.1 Å². The fourth-order valence-electron chi connectivity index (χ4n) is 4.91. The van der Waals surface area contributed by atoms with E-state index in [4.69, 9.17) is 4.74 Å². The van der Waals surface area contributed by atoms with E-state index in [1.165, 1.54) is 6.07 Å². The normalized spacial score (nSPS) is 16.8. The molecular weight excluding hydrogens is 475 g/mol. The van der Waals surface area contributed by atoms with Gasteiger partial charge in [-0.3, -0.25) is 9.59 Å². The van der Waals surface area contributed by atoms with E-state index < -0.39 is 11.7 Å². The number of aromatic amines is 1. The molecule has 9 nitrogen and oxygen atoms in total. The molecule has 1 atom stereocenters. The summed E-state index contributed by atoms with van der Waals surface area (Å²) in [6.45, 7) is 2.01. The molecule has 2 aromatic heterocycles. The summed E-state index contributed by atoms with van der Waals surface area (Å²) >= 11 is 0. The summed E-state index contributed by atoms with van der Waals surface area (Å²) in [7, 11) is 0. The SMILES string of the molecule is O=C(c1cc(Cc2n[nH]c(=O)c3ccccc23)ccc1F)N1Cc2cnc(NCC3CCCO3)nc2C1. The molecule has 2 aliphatic heterocycles. The van der Waals surface area contributed by atoms with Crippen molar-refractivity contribution >= 4 is 22.6 Å². The topological polar surface area (TPSA) is 113 Å². The quantitative estimate of drug-likeness (QED) is 0.418.